The summed E-state index contributed by atoms with van der Waals surface area (Å²) in [6.07, 6.45) is 8.43. The normalized spacial score (nSPS) is 18.1. The Morgan fingerprint density at radius 2 is 2.14 bits per heavy atom. The van der Waals surface area contributed by atoms with Crippen LogP contribution in [0.1, 0.15) is 29.7 Å². The third-order valence-electron chi connectivity index (χ3n) is 4.11. The second kappa shape index (κ2) is 5.06. The standard InChI is InChI=1S/C16H16N4O2/c1-11(21)15-7-18-20-8-12(2-3-16(15)20)13-6-17-19(9-13)14-4-5-22-10-14/h2-3,6-9,14H,4-5,10H2,1H3. The van der Waals surface area contributed by atoms with Crippen molar-refractivity contribution in [2.45, 2.75) is 19.4 Å². The van der Waals surface area contributed by atoms with Crippen LogP contribution in [0.5, 0.6) is 0 Å². The number of rotatable bonds is 3. The van der Waals surface area contributed by atoms with Crippen LogP contribution in [0.3, 0.4) is 0 Å². The quantitative estimate of drug-likeness (QED) is 0.696. The maximum atomic E-state index is 11.5. The minimum Gasteiger partial charge on any atom is -0.379 e. The number of fused-ring (bicyclic) bond motifs is 1. The van der Waals surface area contributed by atoms with Gasteiger partial charge in [-0.15, -0.1) is 0 Å². The number of ether oxygens (including phenoxy) is 1. The third kappa shape index (κ3) is 2.12. The number of hydrogen-bond donors (Lipinski definition) is 0. The van der Waals surface area contributed by atoms with E-state index in [1.165, 1.54) is 0 Å². The molecule has 3 aromatic heterocycles. The van der Waals surface area contributed by atoms with Crippen molar-refractivity contribution >= 4 is 11.3 Å². The Morgan fingerprint density at radius 3 is 2.91 bits per heavy atom. The molecule has 1 fully saturated rings. The van der Waals surface area contributed by atoms with Crippen LogP contribution in [0.25, 0.3) is 16.6 Å². The predicted molar refractivity (Wildman–Crippen MR) is 80.9 cm³/mol. The van der Waals surface area contributed by atoms with E-state index in [1.807, 2.05) is 35.4 Å². The summed E-state index contributed by atoms with van der Waals surface area (Å²) in [7, 11) is 0. The fourth-order valence-corrected chi connectivity index (χ4v) is 2.84. The molecule has 3 aromatic rings. The fourth-order valence-electron chi connectivity index (χ4n) is 2.84. The van der Waals surface area contributed by atoms with Crippen LogP contribution < -0.4 is 0 Å². The summed E-state index contributed by atoms with van der Waals surface area (Å²) in [5.41, 5.74) is 3.53. The minimum atomic E-state index is 0.0248. The van der Waals surface area contributed by atoms with Gasteiger partial charge in [0.15, 0.2) is 5.78 Å². The molecule has 0 aromatic carbocycles. The molecule has 1 saturated heterocycles. The Morgan fingerprint density at radius 1 is 1.23 bits per heavy atom. The molecular formula is C16H16N4O2. The molecule has 0 bridgehead atoms. The smallest absolute Gasteiger partial charge is 0.163 e. The SMILES string of the molecule is CC(=O)c1cnn2cc(-c3cnn(C4CCOC4)c3)ccc12. The number of hydrogen-bond acceptors (Lipinski definition) is 4. The molecule has 22 heavy (non-hydrogen) atoms. The molecule has 0 saturated carbocycles. The van der Waals surface area contributed by atoms with Gasteiger partial charge in [-0.3, -0.25) is 9.48 Å². The number of nitrogens with zero attached hydrogens (tertiary/aromatic N) is 4. The molecule has 1 atom stereocenters. The largest absolute Gasteiger partial charge is 0.379 e. The van der Waals surface area contributed by atoms with E-state index in [1.54, 1.807) is 17.6 Å². The lowest BCUT2D eigenvalue weighted by Crippen LogP contribution is -2.08. The third-order valence-corrected chi connectivity index (χ3v) is 4.11. The van der Waals surface area contributed by atoms with Crippen molar-refractivity contribution < 1.29 is 9.53 Å². The minimum absolute atomic E-state index is 0.0248. The zero-order valence-electron chi connectivity index (χ0n) is 12.3. The lowest BCUT2D eigenvalue weighted by molar-refractivity contribution is 0.101. The first kappa shape index (κ1) is 13.2. The molecule has 0 N–H and O–H groups in total. The fraction of sp³-hybridized carbons (Fsp3) is 0.312. The second-order valence-electron chi connectivity index (χ2n) is 5.59. The van der Waals surface area contributed by atoms with Crippen LogP contribution in [0, 0.1) is 0 Å². The highest BCUT2D eigenvalue weighted by Crippen LogP contribution is 2.24. The molecule has 0 spiro atoms. The molecule has 4 heterocycles. The van der Waals surface area contributed by atoms with Gasteiger partial charge in [0.1, 0.15) is 0 Å². The summed E-state index contributed by atoms with van der Waals surface area (Å²) in [6, 6.07) is 4.25. The number of carbonyl (C=O) groups is 1. The average Bonchev–Trinajstić information content (AvgIpc) is 3.25. The molecule has 6 nitrogen and oxygen atoms in total. The van der Waals surface area contributed by atoms with E-state index < -0.39 is 0 Å². The summed E-state index contributed by atoms with van der Waals surface area (Å²) in [5.74, 6) is 0.0248. The van der Waals surface area contributed by atoms with Crippen LogP contribution >= 0.6 is 0 Å². The van der Waals surface area contributed by atoms with Gasteiger partial charge in [0, 0.05) is 30.1 Å². The number of ketones is 1. The maximum Gasteiger partial charge on any atom is 0.163 e. The van der Waals surface area contributed by atoms with E-state index in [0.29, 0.717) is 11.6 Å². The van der Waals surface area contributed by atoms with E-state index in [-0.39, 0.29) is 5.78 Å². The van der Waals surface area contributed by atoms with Crippen LogP contribution in [-0.4, -0.2) is 38.4 Å². The van der Waals surface area contributed by atoms with E-state index in [2.05, 4.69) is 10.2 Å². The van der Waals surface area contributed by atoms with Gasteiger partial charge in [0.05, 0.1) is 36.1 Å². The van der Waals surface area contributed by atoms with Gasteiger partial charge in [-0.1, -0.05) is 6.07 Å². The molecular weight excluding hydrogens is 280 g/mol. The van der Waals surface area contributed by atoms with Crippen molar-refractivity contribution in [2.24, 2.45) is 0 Å². The number of pyridine rings is 1. The van der Waals surface area contributed by atoms with E-state index >= 15 is 0 Å². The molecule has 0 radical (unpaired) electrons. The van der Waals surface area contributed by atoms with Gasteiger partial charge in [0.2, 0.25) is 0 Å². The molecule has 1 aliphatic heterocycles. The molecule has 0 amide bonds. The van der Waals surface area contributed by atoms with Crippen LogP contribution in [0.15, 0.2) is 36.9 Å². The van der Waals surface area contributed by atoms with Gasteiger partial charge < -0.3 is 4.74 Å². The summed E-state index contributed by atoms with van der Waals surface area (Å²) in [4.78, 5) is 11.5. The Bertz CT molecular complexity index is 843. The van der Waals surface area contributed by atoms with E-state index in [0.717, 1.165) is 36.3 Å². The van der Waals surface area contributed by atoms with Crippen LogP contribution in [-0.2, 0) is 4.74 Å². The summed E-state index contributed by atoms with van der Waals surface area (Å²) < 4.78 is 9.11. The highest BCUT2D eigenvalue weighted by atomic mass is 16.5. The first-order valence-corrected chi connectivity index (χ1v) is 7.33. The Balaban J connectivity index is 1.70. The van der Waals surface area contributed by atoms with E-state index in [4.69, 9.17) is 4.74 Å². The van der Waals surface area contributed by atoms with Gasteiger partial charge in [-0.2, -0.15) is 10.2 Å². The van der Waals surface area contributed by atoms with Gasteiger partial charge >= 0.3 is 0 Å². The van der Waals surface area contributed by atoms with Gasteiger partial charge in [0.25, 0.3) is 0 Å². The van der Waals surface area contributed by atoms with Gasteiger partial charge in [-0.25, -0.2) is 4.52 Å². The molecule has 6 heteroatoms. The molecule has 4 rings (SSSR count). The Labute approximate surface area is 127 Å². The summed E-state index contributed by atoms with van der Waals surface area (Å²) in [5, 5.41) is 8.70. The van der Waals surface area contributed by atoms with E-state index in [9.17, 15) is 4.79 Å². The highest BCUT2D eigenvalue weighted by molar-refractivity contribution is 6.00. The van der Waals surface area contributed by atoms with Crippen molar-refractivity contribution in [3.05, 3.63) is 42.5 Å². The van der Waals surface area contributed by atoms with Crippen LogP contribution in [0.4, 0.5) is 0 Å². The number of carbonyl (C=O) groups excluding carboxylic acids is 1. The average molecular weight is 296 g/mol. The lowest BCUT2D eigenvalue weighted by atomic mass is 10.1. The Kier molecular flexibility index (Phi) is 3.04. The zero-order valence-corrected chi connectivity index (χ0v) is 12.3. The molecule has 1 aliphatic rings. The second-order valence-corrected chi connectivity index (χ2v) is 5.59. The molecule has 1 unspecified atom stereocenters. The number of aromatic nitrogens is 4. The van der Waals surface area contributed by atoms with Crippen molar-refractivity contribution in [3.8, 4) is 11.1 Å². The van der Waals surface area contributed by atoms with Crippen molar-refractivity contribution in [3.63, 3.8) is 0 Å². The topological polar surface area (TPSA) is 61.4 Å². The highest BCUT2D eigenvalue weighted by Gasteiger charge is 2.18. The Hall–Kier alpha value is -2.47. The van der Waals surface area contributed by atoms with Crippen molar-refractivity contribution in [1.82, 2.24) is 19.4 Å². The first-order chi connectivity index (χ1) is 10.7. The van der Waals surface area contributed by atoms with Gasteiger partial charge in [-0.05, 0) is 19.4 Å². The summed E-state index contributed by atoms with van der Waals surface area (Å²) in [6.45, 7) is 3.08. The first-order valence-electron chi connectivity index (χ1n) is 7.33. The summed E-state index contributed by atoms with van der Waals surface area (Å²) >= 11 is 0. The molecule has 112 valence electrons. The predicted octanol–water partition coefficient (Wildman–Crippen LogP) is 2.36. The number of Topliss-reactive ketones (excluding diaryl/α,β-unsaturated/α-hetero) is 1. The lowest BCUT2D eigenvalue weighted by Gasteiger charge is -2.06. The molecule has 0 aliphatic carbocycles. The van der Waals surface area contributed by atoms with Crippen molar-refractivity contribution in [2.75, 3.05) is 13.2 Å². The van der Waals surface area contributed by atoms with Crippen molar-refractivity contribution in [1.29, 1.82) is 0 Å². The monoisotopic (exact) mass is 296 g/mol. The maximum absolute atomic E-state index is 11.5. The van der Waals surface area contributed by atoms with Crippen LogP contribution in [0.2, 0.25) is 0 Å². The zero-order chi connectivity index (χ0) is 15.1.